The first-order chi connectivity index (χ1) is 6.87. The summed E-state index contributed by atoms with van der Waals surface area (Å²) < 4.78 is 37.9. The van der Waals surface area contributed by atoms with Gasteiger partial charge < -0.3 is 4.74 Å². The second-order valence-corrected chi connectivity index (χ2v) is 2.92. The average Bonchev–Trinajstić information content (AvgIpc) is 1.99. The van der Waals surface area contributed by atoms with Crippen molar-refractivity contribution in [3.05, 3.63) is 23.8 Å². The summed E-state index contributed by atoms with van der Waals surface area (Å²) in [6.45, 7) is 0. The molecular weight excluding hydrogens is 213 g/mol. The zero-order chi connectivity index (χ0) is 11.5. The van der Waals surface area contributed by atoms with E-state index < -0.39 is 18.8 Å². The monoisotopic (exact) mass is 220 g/mol. The first-order valence-corrected chi connectivity index (χ1v) is 4.04. The van der Waals surface area contributed by atoms with Crippen LogP contribution in [0.2, 0.25) is 0 Å². The number of hydrogen-bond donors (Lipinski definition) is 0. The lowest BCUT2D eigenvalue weighted by Crippen LogP contribution is -2.20. The highest BCUT2D eigenvalue weighted by Gasteiger charge is 2.34. The van der Waals surface area contributed by atoms with Crippen LogP contribution in [0.5, 0.6) is 0 Å². The fraction of sp³-hybridized carbons (Fsp3) is 0.333. The van der Waals surface area contributed by atoms with Gasteiger partial charge in [-0.25, -0.2) is 0 Å². The van der Waals surface area contributed by atoms with Gasteiger partial charge in [0.15, 0.2) is 5.78 Å². The van der Waals surface area contributed by atoms with Gasteiger partial charge in [-0.15, -0.1) is 13.2 Å². The lowest BCUT2D eigenvalue weighted by molar-refractivity contribution is -0.305. The molecule has 0 saturated heterocycles. The molecule has 0 spiro atoms. The highest BCUT2D eigenvalue weighted by atomic mass is 19.4. The van der Waals surface area contributed by atoms with Gasteiger partial charge in [-0.2, -0.15) is 0 Å². The van der Waals surface area contributed by atoms with Crippen molar-refractivity contribution in [2.24, 2.45) is 0 Å². The third kappa shape index (κ3) is 4.44. The van der Waals surface area contributed by atoms with Crippen molar-refractivity contribution in [1.82, 2.24) is 0 Å². The van der Waals surface area contributed by atoms with Gasteiger partial charge in [0, 0.05) is 6.42 Å². The number of allylic oxidation sites excluding steroid dienone is 3. The fourth-order valence-corrected chi connectivity index (χ4v) is 1.11. The maximum Gasteiger partial charge on any atom is 0.575 e. The van der Waals surface area contributed by atoms with Gasteiger partial charge in [-0.05, 0) is 6.08 Å². The highest BCUT2D eigenvalue weighted by Crippen LogP contribution is 2.20. The maximum absolute atomic E-state index is 11.6. The smallest absolute Gasteiger partial charge is 0.373 e. The first kappa shape index (κ1) is 11.5. The average molecular weight is 220 g/mol. The first-order valence-electron chi connectivity index (χ1n) is 4.04. The molecule has 1 rings (SSSR count). The van der Waals surface area contributed by atoms with Crippen LogP contribution in [0.4, 0.5) is 13.2 Å². The van der Waals surface area contributed by atoms with E-state index in [1.54, 1.807) is 0 Å². The molecule has 0 amide bonds. The summed E-state index contributed by atoms with van der Waals surface area (Å²) in [4.78, 5) is 21.6. The second kappa shape index (κ2) is 4.29. The Balaban J connectivity index is 2.49. The second-order valence-electron chi connectivity index (χ2n) is 2.92. The minimum Gasteiger partial charge on any atom is -0.373 e. The lowest BCUT2D eigenvalue weighted by Gasteiger charge is -2.09. The molecule has 0 aromatic carbocycles. The van der Waals surface area contributed by atoms with Crippen LogP contribution in [0.15, 0.2) is 23.8 Å². The van der Waals surface area contributed by atoms with E-state index in [1.807, 2.05) is 0 Å². The van der Waals surface area contributed by atoms with E-state index in [0.717, 1.165) is 0 Å². The molecule has 0 bridgehead atoms. The van der Waals surface area contributed by atoms with Crippen LogP contribution in [0.25, 0.3) is 0 Å². The van der Waals surface area contributed by atoms with Crippen LogP contribution in [0.1, 0.15) is 12.8 Å². The zero-order valence-electron chi connectivity index (χ0n) is 7.50. The Morgan fingerprint density at radius 3 is 2.67 bits per heavy atom. The molecule has 0 aromatic rings. The number of alkyl halides is 3. The SMILES string of the molecule is O=C1C=CC=C(CC(=O)OC(F)(F)F)C1. The molecule has 0 N–H and O–H groups in total. The van der Waals surface area contributed by atoms with Gasteiger partial charge in [0.25, 0.3) is 0 Å². The molecule has 0 aliphatic heterocycles. The summed E-state index contributed by atoms with van der Waals surface area (Å²) in [5.74, 6) is -1.65. The molecule has 0 fully saturated rings. The van der Waals surface area contributed by atoms with Crippen molar-refractivity contribution < 1.29 is 27.5 Å². The lowest BCUT2D eigenvalue weighted by atomic mass is 10.0. The molecule has 6 heteroatoms. The molecule has 0 unspecified atom stereocenters. The molecular formula is C9H7F3O3. The highest BCUT2D eigenvalue weighted by molar-refractivity contribution is 5.93. The van der Waals surface area contributed by atoms with Crippen LogP contribution >= 0.6 is 0 Å². The number of carbonyl (C=O) groups excluding carboxylic acids is 2. The quantitative estimate of drug-likeness (QED) is 0.667. The van der Waals surface area contributed by atoms with Gasteiger partial charge in [-0.3, -0.25) is 9.59 Å². The van der Waals surface area contributed by atoms with Crippen molar-refractivity contribution in [3.8, 4) is 0 Å². The topological polar surface area (TPSA) is 43.4 Å². The van der Waals surface area contributed by atoms with E-state index >= 15 is 0 Å². The van der Waals surface area contributed by atoms with Crippen molar-refractivity contribution in [3.63, 3.8) is 0 Å². The zero-order valence-corrected chi connectivity index (χ0v) is 7.50. The van der Waals surface area contributed by atoms with E-state index in [4.69, 9.17) is 0 Å². The predicted octanol–water partition coefficient (Wildman–Crippen LogP) is 1.89. The van der Waals surface area contributed by atoms with Crippen molar-refractivity contribution in [2.45, 2.75) is 19.2 Å². The summed E-state index contributed by atoms with van der Waals surface area (Å²) >= 11 is 0. The fourth-order valence-electron chi connectivity index (χ4n) is 1.11. The Bertz CT molecular complexity index is 339. The van der Waals surface area contributed by atoms with Crippen molar-refractivity contribution in [1.29, 1.82) is 0 Å². The Kier molecular flexibility index (Phi) is 3.28. The minimum atomic E-state index is -4.97. The van der Waals surface area contributed by atoms with Gasteiger partial charge in [0.2, 0.25) is 0 Å². The number of carbonyl (C=O) groups is 2. The predicted molar refractivity (Wildman–Crippen MR) is 43.6 cm³/mol. The summed E-state index contributed by atoms with van der Waals surface area (Å²) in [6.07, 6.45) is -1.41. The molecule has 15 heavy (non-hydrogen) atoms. The molecule has 3 nitrogen and oxygen atoms in total. The standard InChI is InChI=1S/C9H7F3O3/c10-9(11,12)15-8(14)5-6-2-1-3-7(13)4-6/h1-3H,4-5H2. The van der Waals surface area contributed by atoms with Crippen molar-refractivity contribution >= 4 is 11.8 Å². The van der Waals surface area contributed by atoms with Crippen LogP contribution < -0.4 is 0 Å². The van der Waals surface area contributed by atoms with Crippen LogP contribution in [-0.2, 0) is 14.3 Å². The summed E-state index contributed by atoms with van der Waals surface area (Å²) in [6, 6.07) is 0. The molecule has 82 valence electrons. The molecule has 0 heterocycles. The summed E-state index contributed by atoms with van der Waals surface area (Å²) in [5, 5.41) is 0. The van der Waals surface area contributed by atoms with Gasteiger partial charge in [0.05, 0.1) is 6.42 Å². The Morgan fingerprint density at radius 1 is 1.47 bits per heavy atom. The number of rotatable bonds is 2. The molecule has 0 saturated carbocycles. The number of halogens is 3. The maximum atomic E-state index is 11.6. The minimum absolute atomic E-state index is 0.0382. The van der Waals surface area contributed by atoms with Gasteiger partial charge in [-0.1, -0.05) is 17.7 Å². The largest absolute Gasteiger partial charge is 0.575 e. The van der Waals surface area contributed by atoms with Crippen LogP contribution in [0, 0.1) is 0 Å². The number of hydrogen-bond acceptors (Lipinski definition) is 3. The Morgan fingerprint density at radius 2 is 2.13 bits per heavy atom. The summed E-state index contributed by atoms with van der Waals surface area (Å²) in [5.41, 5.74) is 0.316. The Hall–Kier alpha value is -1.59. The van der Waals surface area contributed by atoms with Crippen LogP contribution in [-0.4, -0.2) is 18.1 Å². The van der Waals surface area contributed by atoms with E-state index in [-0.39, 0.29) is 12.2 Å². The molecule has 0 atom stereocenters. The number of esters is 1. The van der Waals surface area contributed by atoms with E-state index in [0.29, 0.717) is 5.57 Å². The molecule has 0 aromatic heterocycles. The Labute approximate surface area is 83.2 Å². The number of ketones is 1. The van der Waals surface area contributed by atoms with Gasteiger partial charge in [0.1, 0.15) is 0 Å². The summed E-state index contributed by atoms with van der Waals surface area (Å²) in [7, 11) is 0. The third-order valence-electron chi connectivity index (χ3n) is 1.62. The normalized spacial score (nSPS) is 16.2. The van der Waals surface area contributed by atoms with Gasteiger partial charge >= 0.3 is 12.3 Å². The molecule has 0 radical (unpaired) electrons. The van der Waals surface area contributed by atoms with Crippen LogP contribution in [0.3, 0.4) is 0 Å². The van der Waals surface area contributed by atoms with E-state index in [1.165, 1.54) is 18.2 Å². The third-order valence-corrected chi connectivity index (χ3v) is 1.62. The van der Waals surface area contributed by atoms with E-state index in [2.05, 4.69) is 4.74 Å². The molecule has 1 aliphatic carbocycles. The van der Waals surface area contributed by atoms with E-state index in [9.17, 15) is 22.8 Å². The molecule has 1 aliphatic rings. The van der Waals surface area contributed by atoms with Crippen molar-refractivity contribution in [2.75, 3.05) is 0 Å². The number of ether oxygens (including phenoxy) is 1.